The molecule has 0 amide bonds. The SMILES string of the molecule is CCCc1ccc(OCCOc2cccc(C=NO)c2)cc1. The van der Waals surface area contributed by atoms with Crippen LogP contribution in [0.5, 0.6) is 11.5 Å². The Balaban J connectivity index is 1.75. The van der Waals surface area contributed by atoms with E-state index in [1.807, 2.05) is 30.3 Å². The van der Waals surface area contributed by atoms with Crippen molar-refractivity contribution in [1.29, 1.82) is 0 Å². The second-order valence-electron chi connectivity index (χ2n) is 4.91. The summed E-state index contributed by atoms with van der Waals surface area (Å²) in [4.78, 5) is 0. The van der Waals surface area contributed by atoms with Crippen LogP contribution >= 0.6 is 0 Å². The smallest absolute Gasteiger partial charge is 0.122 e. The Morgan fingerprint density at radius 1 is 1.00 bits per heavy atom. The zero-order chi connectivity index (χ0) is 15.6. The molecular weight excluding hydrogens is 278 g/mol. The molecule has 0 saturated heterocycles. The van der Waals surface area contributed by atoms with E-state index < -0.39 is 0 Å². The summed E-state index contributed by atoms with van der Waals surface area (Å²) >= 11 is 0. The third kappa shape index (κ3) is 5.13. The lowest BCUT2D eigenvalue weighted by Gasteiger charge is -2.09. The molecule has 116 valence electrons. The number of hydrogen-bond donors (Lipinski definition) is 1. The molecule has 1 N–H and O–H groups in total. The van der Waals surface area contributed by atoms with Gasteiger partial charge in [0.1, 0.15) is 24.7 Å². The Bertz CT molecular complexity index is 594. The van der Waals surface area contributed by atoms with Crippen LogP contribution in [0, 0.1) is 0 Å². The molecule has 2 aromatic carbocycles. The monoisotopic (exact) mass is 299 g/mol. The predicted octanol–water partition coefficient (Wildman–Crippen LogP) is 3.91. The average molecular weight is 299 g/mol. The molecule has 0 aliphatic carbocycles. The van der Waals surface area contributed by atoms with E-state index in [-0.39, 0.29) is 0 Å². The lowest BCUT2D eigenvalue weighted by molar-refractivity contribution is 0.217. The zero-order valence-corrected chi connectivity index (χ0v) is 12.7. The van der Waals surface area contributed by atoms with E-state index in [0.717, 1.165) is 29.9 Å². The number of nitrogens with zero attached hydrogens (tertiary/aromatic N) is 1. The van der Waals surface area contributed by atoms with Gasteiger partial charge < -0.3 is 14.7 Å². The standard InChI is InChI=1S/C18H21NO3/c1-2-4-15-7-9-17(10-8-15)21-11-12-22-18-6-3-5-16(13-18)14-19-20/h3,5-10,13-14,20H,2,4,11-12H2,1H3. The van der Waals surface area contributed by atoms with Crippen molar-refractivity contribution in [3.05, 3.63) is 59.7 Å². The minimum atomic E-state index is 0.455. The highest BCUT2D eigenvalue weighted by atomic mass is 16.5. The van der Waals surface area contributed by atoms with Gasteiger partial charge in [-0.3, -0.25) is 0 Å². The van der Waals surface area contributed by atoms with Crippen LogP contribution in [0.15, 0.2) is 53.7 Å². The molecule has 0 aliphatic rings. The van der Waals surface area contributed by atoms with Crippen LogP contribution < -0.4 is 9.47 Å². The molecule has 0 radical (unpaired) electrons. The maximum absolute atomic E-state index is 8.51. The van der Waals surface area contributed by atoms with Crippen LogP contribution in [0.2, 0.25) is 0 Å². The van der Waals surface area contributed by atoms with Crippen molar-refractivity contribution in [2.45, 2.75) is 19.8 Å². The van der Waals surface area contributed by atoms with Gasteiger partial charge in [-0.1, -0.05) is 42.8 Å². The van der Waals surface area contributed by atoms with E-state index in [2.05, 4.69) is 24.2 Å². The Hall–Kier alpha value is -2.49. The Morgan fingerprint density at radius 3 is 2.41 bits per heavy atom. The minimum absolute atomic E-state index is 0.455. The molecule has 0 aliphatic heterocycles. The summed E-state index contributed by atoms with van der Waals surface area (Å²) in [5, 5.41) is 11.5. The highest BCUT2D eigenvalue weighted by Gasteiger charge is 1.98. The number of hydrogen-bond acceptors (Lipinski definition) is 4. The highest BCUT2D eigenvalue weighted by molar-refractivity contribution is 5.79. The Morgan fingerprint density at radius 2 is 1.73 bits per heavy atom. The average Bonchev–Trinajstić information content (AvgIpc) is 2.54. The van der Waals surface area contributed by atoms with Gasteiger partial charge >= 0.3 is 0 Å². The first-order valence-corrected chi connectivity index (χ1v) is 7.44. The van der Waals surface area contributed by atoms with E-state index in [1.165, 1.54) is 11.8 Å². The molecule has 0 aromatic heterocycles. The third-order valence-corrected chi connectivity index (χ3v) is 3.15. The molecule has 4 nitrogen and oxygen atoms in total. The second kappa shape index (κ2) is 8.72. The van der Waals surface area contributed by atoms with Crippen molar-refractivity contribution in [3.63, 3.8) is 0 Å². The predicted molar refractivity (Wildman–Crippen MR) is 87.2 cm³/mol. The fourth-order valence-corrected chi connectivity index (χ4v) is 2.11. The number of ether oxygens (including phenoxy) is 2. The summed E-state index contributed by atoms with van der Waals surface area (Å²) in [5.41, 5.74) is 2.11. The first kappa shape index (κ1) is 15.9. The summed E-state index contributed by atoms with van der Waals surface area (Å²) in [5.74, 6) is 1.57. The van der Waals surface area contributed by atoms with Gasteiger partial charge in [-0.2, -0.15) is 0 Å². The zero-order valence-electron chi connectivity index (χ0n) is 12.7. The van der Waals surface area contributed by atoms with Crippen LogP contribution in [0.25, 0.3) is 0 Å². The number of rotatable bonds is 8. The minimum Gasteiger partial charge on any atom is -0.490 e. The molecule has 0 spiro atoms. The number of aryl methyl sites for hydroxylation is 1. The van der Waals surface area contributed by atoms with Crippen molar-refractivity contribution < 1.29 is 14.7 Å². The summed E-state index contributed by atoms with van der Waals surface area (Å²) in [6, 6.07) is 15.5. The van der Waals surface area contributed by atoms with Gasteiger partial charge in [0.25, 0.3) is 0 Å². The van der Waals surface area contributed by atoms with Crippen LogP contribution in [-0.2, 0) is 6.42 Å². The maximum atomic E-state index is 8.51. The molecule has 2 rings (SSSR count). The molecule has 0 unspecified atom stereocenters. The van der Waals surface area contributed by atoms with Gasteiger partial charge in [0.2, 0.25) is 0 Å². The molecule has 0 saturated carbocycles. The number of benzene rings is 2. The normalized spacial score (nSPS) is 10.8. The van der Waals surface area contributed by atoms with Crippen molar-refractivity contribution in [2.24, 2.45) is 5.16 Å². The maximum Gasteiger partial charge on any atom is 0.122 e. The van der Waals surface area contributed by atoms with Crippen LogP contribution in [0.4, 0.5) is 0 Å². The van der Waals surface area contributed by atoms with E-state index in [1.54, 1.807) is 6.07 Å². The molecule has 22 heavy (non-hydrogen) atoms. The quantitative estimate of drug-likeness (QED) is 0.348. The van der Waals surface area contributed by atoms with Crippen molar-refractivity contribution in [2.75, 3.05) is 13.2 Å². The van der Waals surface area contributed by atoms with Gasteiger partial charge in [-0.05, 0) is 41.8 Å². The Labute approximate surface area is 131 Å². The first-order chi connectivity index (χ1) is 10.8. The van der Waals surface area contributed by atoms with Crippen molar-refractivity contribution in [3.8, 4) is 11.5 Å². The summed E-state index contributed by atoms with van der Waals surface area (Å²) in [6.07, 6.45) is 3.60. The number of oxime groups is 1. The lowest BCUT2D eigenvalue weighted by atomic mass is 10.1. The molecule has 2 aromatic rings. The summed E-state index contributed by atoms with van der Waals surface area (Å²) in [6.45, 7) is 3.10. The fraction of sp³-hybridized carbons (Fsp3) is 0.278. The molecule has 0 atom stereocenters. The van der Waals surface area contributed by atoms with Crippen molar-refractivity contribution >= 4 is 6.21 Å². The molecule has 0 heterocycles. The Kier molecular flexibility index (Phi) is 6.30. The molecule has 4 heteroatoms. The van der Waals surface area contributed by atoms with E-state index in [0.29, 0.717) is 13.2 Å². The van der Waals surface area contributed by atoms with E-state index in [4.69, 9.17) is 14.7 Å². The van der Waals surface area contributed by atoms with E-state index in [9.17, 15) is 0 Å². The topological polar surface area (TPSA) is 51.0 Å². The van der Waals surface area contributed by atoms with Gasteiger partial charge in [-0.25, -0.2) is 0 Å². The third-order valence-electron chi connectivity index (χ3n) is 3.15. The second-order valence-corrected chi connectivity index (χ2v) is 4.91. The van der Waals surface area contributed by atoms with Crippen LogP contribution in [0.1, 0.15) is 24.5 Å². The highest BCUT2D eigenvalue weighted by Crippen LogP contribution is 2.14. The molecule has 0 bridgehead atoms. The van der Waals surface area contributed by atoms with Gasteiger partial charge in [0, 0.05) is 0 Å². The van der Waals surface area contributed by atoms with Gasteiger partial charge in [-0.15, -0.1) is 0 Å². The summed E-state index contributed by atoms with van der Waals surface area (Å²) in [7, 11) is 0. The van der Waals surface area contributed by atoms with E-state index >= 15 is 0 Å². The largest absolute Gasteiger partial charge is 0.490 e. The van der Waals surface area contributed by atoms with Crippen molar-refractivity contribution in [1.82, 2.24) is 0 Å². The molecular formula is C18H21NO3. The first-order valence-electron chi connectivity index (χ1n) is 7.44. The molecule has 0 fully saturated rings. The van der Waals surface area contributed by atoms with Crippen LogP contribution in [-0.4, -0.2) is 24.6 Å². The lowest BCUT2D eigenvalue weighted by Crippen LogP contribution is -2.09. The summed E-state index contributed by atoms with van der Waals surface area (Å²) < 4.78 is 11.3. The van der Waals surface area contributed by atoms with Crippen LogP contribution in [0.3, 0.4) is 0 Å². The fourth-order valence-electron chi connectivity index (χ4n) is 2.11. The van der Waals surface area contributed by atoms with Gasteiger partial charge in [0.05, 0.1) is 6.21 Å². The van der Waals surface area contributed by atoms with Gasteiger partial charge in [0.15, 0.2) is 0 Å².